The summed E-state index contributed by atoms with van der Waals surface area (Å²) in [4.78, 5) is 32.0. The molecule has 0 atom stereocenters. The second-order valence-electron chi connectivity index (χ2n) is 10.0. The molecule has 0 saturated heterocycles. The minimum absolute atomic E-state index is 0. The Morgan fingerprint density at radius 3 is 2.32 bits per heavy atom. The van der Waals surface area contributed by atoms with E-state index in [1.807, 2.05) is 34.6 Å². The van der Waals surface area contributed by atoms with E-state index in [-0.39, 0.29) is 49.3 Å². The molecule has 12 heteroatoms. The Balaban J connectivity index is 0.00000507. The van der Waals surface area contributed by atoms with Crippen LogP contribution in [-0.2, 0) is 12.0 Å². The number of hydrogen-bond donors (Lipinski definition) is 1. The van der Waals surface area contributed by atoms with Gasteiger partial charge in [0.2, 0.25) is 5.62 Å². The van der Waals surface area contributed by atoms with E-state index in [1.165, 1.54) is 14.1 Å². The highest BCUT2D eigenvalue weighted by atomic mass is 35.5. The average molecular weight is 549 g/mol. The molecule has 0 spiro atoms. The van der Waals surface area contributed by atoms with Crippen LogP contribution in [0.15, 0.2) is 17.1 Å². The molecular weight excluding hydrogens is 512 g/mol. The van der Waals surface area contributed by atoms with E-state index in [1.54, 1.807) is 40.4 Å². The number of halogens is 1. The van der Waals surface area contributed by atoms with E-state index in [9.17, 15) is 14.7 Å². The van der Waals surface area contributed by atoms with Crippen LogP contribution >= 0.6 is 12.4 Å². The van der Waals surface area contributed by atoms with Crippen molar-refractivity contribution in [2.24, 2.45) is 4.99 Å². The van der Waals surface area contributed by atoms with Crippen LogP contribution in [0, 0.1) is 13.8 Å². The van der Waals surface area contributed by atoms with Gasteiger partial charge in [-0.2, -0.15) is 9.61 Å². The van der Waals surface area contributed by atoms with Gasteiger partial charge in [0.25, 0.3) is 5.91 Å². The monoisotopic (exact) mass is 548 g/mol. The molecule has 0 aliphatic heterocycles. The van der Waals surface area contributed by atoms with Crippen LogP contribution < -0.4 is 15.1 Å². The van der Waals surface area contributed by atoms with Gasteiger partial charge in [-0.15, -0.1) is 17.5 Å². The summed E-state index contributed by atoms with van der Waals surface area (Å²) in [5.74, 6) is 0.451. The van der Waals surface area contributed by atoms with E-state index in [0.717, 1.165) is 11.1 Å². The summed E-state index contributed by atoms with van der Waals surface area (Å²) in [5, 5.41) is 18.4. The Labute approximate surface area is 228 Å². The van der Waals surface area contributed by atoms with Gasteiger partial charge >= 0.3 is 0 Å². The van der Waals surface area contributed by atoms with Crippen molar-refractivity contribution in [2.45, 2.75) is 46.6 Å². The van der Waals surface area contributed by atoms with Crippen LogP contribution in [0.25, 0.3) is 5.65 Å². The number of amides is 1. The summed E-state index contributed by atoms with van der Waals surface area (Å²) in [7, 11) is 6.47. The number of ether oxygens (including phenoxy) is 2. The molecule has 0 saturated carbocycles. The standard InChI is InChI=1S/C26H36N6O5.ClH/c1-15-16(2)23-29-31(25(27-6)32(23)28-21(15)24(35)30(7)8)14-19(34)17-12-18(26(3,4)5)22(36-9)20(13-17)37-11-10-33;/h12-13,33H,10-11,14H2,1-9H3;1H. The first-order chi connectivity index (χ1) is 17.3. The summed E-state index contributed by atoms with van der Waals surface area (Å²) < 4.78 is 14.3. The highest BCUT2D eigenvalue weighted by Crippen LogP contribution is 2.40. The molecule has 0 aliphatic carbocycles. The number of hydrogen-bond acceptors (Lipinski definition) is 8. The maximum Gasteiger partial charge on any atom is 0.274 e. The van der Waals surface area contributed by atoms with Gasteiger partial charge < -0.3 is 19.5 Å². The topological polar surface area (TPSA) is 124 Å². The van der Waals surface area contributed by atoms with E-state index in [2.05, 4.69) is 15.2 Å². The van der Waals surface area contributed by atoms with Gasteiger partial charge in [-0.25, -0.2) is 4.68 Å². The van der Waals surface area contributed by atoms with Gasteiger partial charge in [0.1, 0.15) is 13.2 Å². The Morgan fingerprint density at radius 2 is 1.79 bits per heavy atom. The van der Waals surface area contributed by atoms with Crippen LogP contribution in [0.3, 0.4) is 0 Å². The number of carbonyl (C=O) groups excluding carboxylic acids is 2. The van der Waals surface area contributed by atoms with Crippen molar-refractivity contribution in [3.8, 4) is 11.5 Å². The molecular formula is C26H37ClN6O5. The molecule has 0 fully saturated rings. The first-order valence-electron chi connectivity index (χ1n) is 12.0. The molecule has 3 rings (SSSR count). The fourth-order valence-corrected chi connectivity index (χ4v) is 4.00. The molecule has 0 unspecified atom stereocenters. The molecule has 208 valence electrons. The van der Waals surface area contributed by atoms with E-state index < -0.39 is 0 Å². The quantitative estimate of drug-likeness (QED) is 0.428. The van der Waals surface area contributed by atoms with Crippen molar-refractivity contribution in [2.75, 3.05) is 41.5 Å². The van der Waals surface area contributed by atoms with Crippen molar-refractivity contribution < 1.29 is 24.2 Å². The molecule has 1 aromatic carbocycles. The second kappa shape index (κ2) is 12.0. The van der Waals surface area contributed by atoms with Gasteiger partial charge in [-0.1, -0.05) is 20.8 Å². The van der Waals surface area contributed by atoms with Crippen LogP contribution in [0.5, 0.6) is 11.5 Å². The number of aliphatic hydroxyl groups is 1. The number of nitrogens with zero attached hydrogens (tertiary/aromatic N) is 6. The summed E-state index contributed by atoms with van der Waals surface area (Å²) in [6, 6.07) is 3.42. The summed E-state index contributed by atoms with van der Waals surface area (Å²) in [6.07, 6.45) is 0. The molecule has 2 heterocycles. The smallest absolute Gasteiger partial charge is 0.274 e. The summed E-state index contributed by atoms with van der Waals surface area (Å²) >= 11 is 0. The zero-order valence-corrected chi connectivity index (χ0v) is 24.3. The normalized spacial score (nSPS) is 11.9. The summed E-state index contributed by atoms with van der Waals surface area (Å²) in [6.45, 7) is 9.52. The van der Waals surface area contributed by atoms with E-state index in [4.69, 9.17) is 9.47 Å². The first-order valence-corrected chi connectivity index (χ1v) is 12.0. The lowest BCUT2D eigenvalue weighted by molar-refractivity contribution is 0.0819. The molecule has 1 amide bonds. The van der Waals surface area contributed by atoms with Gasteiger partial charge in [0.05, 0.1) is 13.7 Å². The van der Waals surface area contributed by atoms with Crippen LogP contribution in [0.1, 0.15) is 58.3 Å². The Hall–Kier alpha value is -3.44. The van der Waals surface area contributed by atoms with Gasteiger partial charge in [0.15, 0.2) is 28.6 Å². The molecule has 11 nitrogen and oxygen atoms in total. The third-order valence-electron chi connectivity index (χ3n) is 6.13. The minimum Gasteiger partial charge on any atom is -0.493 e. The number of benzene rings is 1. The molecule has 2 aromatic heterocycles. The molecule has 0 bridgehead atoms. The van der Waals surface area contributed by atoms with E-state index in [0.29, 0.717) is 39.6 Å². The fraction of sp³-hybridized carbons (Fsp3) is 0.500. The van der Waals surface area contributed by atoms with Gasteiger partial charge in [-0.3, -0.25) is 14.6 Å². The number of ketones is 1. The van der Waals surface area contributed by atoms with Crippen LogP contribution in [0.4, 0.5) is 0 Å². The SMILES string of the molecule is CN=c1n(CC(=O)c2cc(OCCO)c(OC)c(C(C)(C)C)c2)nc2c(C)c(C)c(C(=O)N(C)C)nn12.Cl. The zero-order valence-electron chi connectivity index (χ0n) is 23.4. The number of Topliss-reactive ketones (excluding diaryl/α,β-unsaturated/α-hetero) is 1. The molecule has 38 heavy (non-hydrogen) atoms. The minimum atomic E-state index is -0.340. The van der Waals surface area contributed by atoms with Crippen molar-refractivity contribution in [3.63, 3.8) is 0 Å². The predicted molar refractivity (Wildman–Crippen MR) is 146 cm³/mol. The molecule has 3 aromatic rings. The van der Waals surface area contributed by atoms with Crippen LogP contribution in [0.2, 0.25) is 0 Å². The lowest BCUT2D eigenvalue weighted by Crippen LogP contribution is -2.30. The lowest BCUT2D eigenvalue weighted by Gasteiger charge is -2.25. The first kappa shape index (κ1) is 30.8. The predicted octanol–water partition coefficient (Wildman–Crippen LogP) is 2.36. The third kappa shape index (κ3) is 5.83. The Bertz CT molecular complexity index is 1420. The zero-order chi connectivity index (χ0) is 27.7. The number of rotatable bonds is 8. The number of carbonyl (C=O) groups is 2. The Morgan fingerprint density at radius 1 is 1.13 bits per heavy atom. The maximum absolute atomic E-state index is 13.5. The van der Waals surface area contributed by atoms with Gasteiger partial charge in [0, 0.05) is 37.8 Å². The fourth-order valence-electron chi connectivity index (χ4n) is 4.00. The van der Waals surface area contributed by atoms with Gasteiger partial charge in [-0.05, 0) is 37.0 Å². The number of aliphatic hydroxyl groups excluding tert-OH is 1. The average Bonchev–Trinajstić information content (AvgIpc) is 3.19. The third-order valence-corrected chi connectivity index (χ3v) is 6.13. The highest BCUT2D eigenvalue weighted by Gasteiger charge is 2.26. The van der Waals surface area contributed by atoms with Crippen molar-refractivity contribution in [1.82, 2.24) is 24.3 Å². The van der Waals surface area contributed by atoms with Crippen molar-refractivity contribution in [3.05, 3.63) is 45.7 Å². The second-order valence-corrected chi connectivity index (χ2v) is 10.0. The maximum atomic E-state index is 13.5. The van der Waals surface area contributed by atoms with Crippen molar-refractivity contribution >= 4 is 29.7 Å². The largest absolute Gasteiger partial charge is 0.493 e. The number of aryl methyl sites for hydroxylation is 1. The summed E-state index contributed by atoms with van der Waals surface area (Å²) in [5.41, 5.74) is 3.50. The molecule has 1 N–H and O–H groups in total. The number of aromatic nitrogens is 4. The highest BCUT2D eigenvalue weighted by molar-refractivity contribution is 5.97. The van der Waals surface area contributed by atoms with Crippen molar-refractivity contribution in [1.29, 1.82) is 0 Å². The Kier molecular flexibility index (Phi) is 9.68. The number of methoxy groups -OCH3 is 1. The van der Waals surface area contributed by atoms with Crippen LogP contribution in [-0.4, -0.2) is 82.6 Å². The molecule has 0 radical (unpaired) electrons. The number of fused-ring (bicyclic) bond motifs is 1. The van der Waals surface area contributed by atoms with E-state index >= 15 is 0 Å². The molecule has 0 aliphatic rings. The lowest BCUT2D eigenvalue weighted by atomic mass is 9.84.